The highest BCUT2D eigenvalue weighted by molar-refractivity contribution is 6.91. The molecule has 0 bridgehead atoms. The van der Waals surface area contributed by atoms with E-state index in [2.05, 4.69) is 73.9 Å². The molecule has 1 aromatic heterocycles. The van der Waals surface area contributed by atoms with E-state index < -0.39 is 8.07 Å². The van der Waals surface area contributed by atoms with Crippen LogP contribution in [0.15, 0.2) is 42.7 Å². The molecule has 0 fully saturated rings. The van der Waals surface area contributed by atoms with Gasteiger partial charge in [0.25, 0.3) is 0 Å². The van der Waals surface area contributed by atoms with Crippen molar-refractivity contribution in [3.63, 3.8) is 0 Å². The van der Waals surface area contributed by atoms with Crippen molar-refractivity contribution in [3.05, 3.63) is 42.7 Å². The molecule has 0 saturated heterocycles. The molecule has 18 heavy (non-hydrogen) atoms. The summed E-state index contributed by atoms with van der Waals surface area (Å²) in [6.45, 7) is 11.8. The minimum atomic E-state index is -1.60. The average molecular weight is 258 g/mol. The van der Waals surface area contributed by atoms with Gasteiger partial charge in [-0.1, -0.05) is 52.1 Å². The van der Waals surface area contributed by atoms with Crippen LogP contribution in [0.5, 0.6) is 0 Å². The van der Waals surface area contributed by atoms with Crippen molar-refractivity contribution in [3.8, 4) is 5.69 Å². The van der Waals surface area contributed by atoms with Crippen LogP contribution in [0.1, 0.15) is 20.8 Å². The Labute approximate surface area is 111 Å². The lowest BCUT2D eigenvalue weighted by atomic mass is 10.2. The van der Waals surface area contributed by atoms with Gasteiger partial charge in [-0.05, 0) is 17.2 Å². The summed E-state index contributed by atoms with van der Waals surface area (Å²) in [6.07, 6.45) is 3.99. The molecule has 1 aromatic carbocycles. The number of nitrogens with zero attached hydrogens (tertiary/aromatic N) is 2. The first-order chi connectivity index (χ1) is 8.34. The lowest BCUT2D eigenvalue weighted by Gasteiger charge is -2.36. The Morgan fingerprint density at radius 3 is 2.22 bits per heavy atom. The van der Waals surface area contributed by atoms with E-state index in [4.69, 9.17) is 0 Å². The summed E-state index contributed by atoms with van der Waals surface area (Å²) < 4.78 is 2.25. The van der Waals surface area contributed by atoms with Crippen molar-refractivity contribution >= 4 is 13.5 Å². The minimum absolute atomic E-state index is 0.297. The summed E-state index contributed by atoms with van der Waals surface area (Å²) in [4.78, 5) is 4.66. The number of hydrogen-bond acceptors (Lipinski definition) is 1. The summed E-state index contributed by atoms with van der Waals surface area (Å²) in [6, 6.07) is 10.5. The summed E-state index contributed by atoms with van der Waals surface area (Å²) >= 11 is 0. The molecule has 2 nitrogen and oxygen atoms in total. The Kier molecular flexibility index (Phi) is 3.19. The molecular weight excluding hydrogens is 236 g/mol. The molecule has 0 atom stereocenters. The number of benzene rings is 1. The van der Waals surface area contributed by atoms with Crippen molar-refractivity contribution in [2.75, 3.05) is 0 Å². The Balaban J connectivity index is 2.53. The molecule has 2 aromatic rings. The largest absolute Gasteiger partial charge is 0.308 e. The highest BCUT2D eigenvalue weighted by Crippen LogP contribution is 2.35. The van der Waals surface area contributed by atoms with E-state index in [1.807, 2.05) is 12.3 Å². The van der Waals surface area contributed by atoms with Crippen molar-refractivity contribution in [1.29, 1.82) is 0 Å². The van der Waals surface area contributed by atoms with Gasteiger partial charge < -0.3 is 4.57 Å². The van der Waals surface area contributed by atoms with E-state index in [1.54, 1.807) is 0 Å². The number of aromatic nitrogens is 2. The molecule has 0 amide bonds. The summed E-state index contributed by atoms with van der Waals surface area (Å²) in [5.41, 5.74) is 2.45. The van der Waals surface area contributed by atoms with Crippen LogP contribution in [0.3, 0.4) is 0 Å². The van der Waals surface area contributed by atoms with Gasteiger partial charge in [0.15, 0.2) is 0 Å². The Bertz CT molecular complexity index is 521. The van der Waals surface area contributed by atoms with E-state index in [0.29, 0.717) is 5.04 Å². The number of imidazole rings is 1. The van der Waals surface area contributed by atoms with Gasteiger partial charge in [-0.25, -0.2) is 4.98 Å². The first kappa shape index (κ1) is 13.1. The van der Waals surface area contributed by atoms with Crippen LogP contribution >= 0.6 is 0 Å². The van der Waals surface area contributed by atoms with Crippen LogP contribution in [0.4, 0.5) is 0 Å². The van der Waals surface area contributed by atoms with Crippen LogP contribution in [0, 0.1) is 0 Å². The third-order valence-corrected chi connectivity index (χ3v) is 9.35. The first-order valence-corrected chi connectivity index (χ1v) is 9.43. The minimum Gasteiger partial charge on any atom is -0.308 e. The van der Waals surface area contributed by atoms with Crippen LogP contribution in [-0.2, 0) is 0 Å². The normalized spacial score (nSPS) is 12.7. The van der Waals surface area contributed by atoms with Gasteiger partial charge in [0.2, 0.25) is 0 Å². The van der Waals surface area contributed by atoms with Gasteiger partial charge >= 0.3 is 0 Å². The lowest BCUT2D eigenvalue weighted by molar-refractivity contribution is 0.725. The standard InChI is InChI=1S/C15H22N2Si/c1-15(2,3)18(4,5)14-16-11-12-17(14)13-9-7-6-8-10-13/h6-12H,1-5H3. The third-order valence-electron chi connectivity index (χ3n) is 4.11. The van der Waals surface area contributed by atoms with Crippen molar-refractivity contribution in [1.82, 2.24) is 9.55 Å². The molecule has 96 valence electrons. The molecular formula is C15H22N2Si. The Morgan fingerprint density at radius 1 is 1.06 bits per heavy atom. The van der Waals surface area contributed by atoms with Gasteiger partial charge in [-0.15, -0.1) is 0 Å². The predicted molar refractivity (Wildman–Crippen MR) is 80.4 cm³/mol. The SMILES string of the molecule is CC(C)(C)[Si](C)(C)c1nccn1-c1ccccc1. The van der Waals surface area contributed by atoms with Gasteiger partial charge in [0.1, 0.15) is 8.07 Å². The molecule has 0 aliphatic heterocycles. The van der Waals surface area contributed by atoms with Gasteiger partial charge in [0, 0.05) is 18.1 Å². The maximum atomic E-state index is 4.66. The summed E-state index contributed by atoms with van der Waals surface area (Å²) in [5.74, 6) is 0. The van der Waals surface area contributed by atoms with E-state index >= 15 is 0 Å². The van der Waals surface area contributed by atoms with Crippen LogP contribution in [0.2, 0.25) is 18.1 Å². The lowest BCUT2D eigenvalue weighted by Crippen LogP contribution is -2.53. The molecule has 0 unspecified atom stereocenters. The molecule has 0 spiro atoms. The fourth-order valence-corrected chi connectivity index (χ4v) is 3.77. The van der Waals surface area contributed by atoms with Crippen LogP contribution in [0.25, 0.3) is 5.69 Å². The summed E-state index contributed by atoms with van der Waals surface area (Å²) in [7, 11) is -1.60. The Morgan fingerprint density at radius 2 is 1.67 bits per heavy atom. The molecule has 3 heteroatoms. The maximum absolute atomic E-state index is 4.66. The van der Waals surface area contributed by atoms with E-state index in [0.717, 1.165) is 0 Å². The summed E-state index contributed by atoms with van der Waals surface area (Å²) in [5, 5.41) is 0.297. The van der Waals surface area contributed by atoms with Crippen molar-refractivity contribution < 1.29 is 0 Å². The third kappa shape index (κ3) is 2.15. The van der Waals surface area contributed by atoms with Crippen molar-refractivity contribution in [2.24, 2.45) is 0 Å². The molecule has 0 radical (unpaired) electrons. The zero-order valence-corrected chi connectivity index (χ0v) is 12.9. The predicted octanol–water partition coefficient (Wildman–Crippen LogP) is 3.59. The molecule has 0 saturated carbocycles. The number of para-hydroxylation sites is 1. The quantitative estimate of drug-likeness (QED) is 0.753. The maximum Gasteiger partial charge on any atom is 0.132 e. The fourth-order valence-electron chi connectivity index (χ4n) is 1.90. The second-order valence-corrected chi connectivity index (χ2v) is 11.5. The Hall–Kier alpha value is -1.35. The fraction of sp³-hybridized carbons (Fsp3) is 0.400. The van der Waals surface area contributed by atoms with E-state index in [9.17, 15) is 0 Å². The monoisotopic (exact) mass is 258 g/mol. The zero-order valence-electron chi connectivity index (χ0n) is 11.9. The van der Waals surface area contributed by atoms with Crippen LogP contribution < -0.4 is 5.45 Å². The topological polar surface area (TPSA) is 17.8 Å². The van der Waals surface area contributed by atoms with E-state index in [-0.39, 0.29) is 0 Å². The van der Waals surface area contributed by atoms with Crippen LogP contribution in [-0.4, -0.2) is 17.6 Å². The highest BCUT2D eigenvalue weighted by Gasteiger charge is 2.40. The second-order valence-electron chi connectivity index (χ2n) is 6.33. The zero-order chi connectivity index (χ0) is 13.4. The van der Waals surface area contributed by atoms with Gasteiger partial charge in [0.05, 0.1) is 5.45 Å². The number of hydrogen-bond donors (Lipinski definition) is 0. The smallest absolute Gasteiger partial charge is 0.132 e. The highest BCUT2D eigenvalue weighted by atomic mass is 28.3. The molecule has 0 aliphatic carbocycles. The average Bonchev–Trinajstić information content (AvgIpc) is 2.78. The molecule has 1 heterocycles. The number of rotatable bonds is 2. The van der Waals surface area contributed by atoms with Gasteiger partial charge in [-0.3, -0.25) is 0 Å². The molecule has 0 aliphatic rings. The first-order valence-electron chi connectivity index (χ1n) is 6.43. The second kappa shape index (κ2) is 4.39. The van der Waals surface area contributed by atoms with Crippen molar-refractivity contribution in [2.45, 2.75) is 38.9 Å². The van der Waals surface area contributed by atoms with Gasteiger partial charge in [-0.2, -0.15) is 0 Å². The van der Waals surface area contributed by atoms with E-state index in [1.165, 1.54) is 11.1 Å². The molecule has 2 rings (SSSR count). The molecule has 0 N–H and O–H groups in total.